The van der Waals surface area contributed by atoms with Crippen LogP contribution in [0.4, 0.5) is 0 Å². The van der Waals surface area contributed by atoms with Crippen LogP contribution in [0, 0.1) is 0 Å². The maximum atomic E-state index is 5.20. The second kappa shape index (κ2) is 5.73. The largest absolute Gasteiger partial charge is 1.00 e. The molecule has 0 radical (unpaired) electrons. The van der Waals surface area contributed by atoms with Gasteiger partial charge in [0.05, 0.1) is 0 Å². The molecule has 0 fully saturated rings. The molecule has 0 amide bonds. The van der Waals surface area contributed by atoms with E-state index >= 15 is 0 Å². The Morgan fingerprint density at radius 3 is 2.67 bits per heavy atom. The molecular formula is C12H11BrMgO. The monoisotopic (exact) mass is 274 g/mol. The zero-order chi connectivity index (χ0) is 9.97. The van der Waals surface area contributed by atoms with Crippen LogP contribution in [0.5, 0.6) is 5.75 Å². The van der Waals surface area contributed by atoms with Crippen LogP contribution in [0.2, 0.25) is 0 Å². The van der Waals surface area contributed by atoms with E-state index in [0.29, 0.717) is 0 Å². The fourth-order valence-corrected chi connectivity index (χ4v) is 2.11. The third-order valence-corrected chi connectivity index (χ3v) is 2.99. The Balaban J connectivity index is 0.00000112. The van der Waals surface area contributed by atoms with Gasteiger partial charge in [-0.2, -0.15) is 0 Å². The van der Waals surface area contributed by atoms with Crippen LogP contribution < -0.4 is 21.7 Å². The van der Waals surface area contributed by atoms with Gasteiger partial charge >= 0.3 is 96.6 Å². The van der Waals surface area contributed by atoms with Gasteiger partial charge in [0.1, 0.15) is 0 Å². The number of hydrogen-bond donors (Lipinski definition) is 0. The summed E-state index contributed by atoms with van der Waals surface area (Å²) >= 11 is 1.99. The van der Waals surface area contributed by atoms with Crippen molar-refractivity contribution in [2.45, 2.75) is 4.55 Å². The third-order valence-electron chi connectivity index (χ3n) is 2.45. The van der Waals surface area contributed by atoms with E-state index < -0.39 is 0 Å². The van der Waals surface area contributed by atoms with Gasteiger partial charge in [0.25, 0.3) is 0 Å². The van der Waals surface area contributed by atoms with Crippen LogP contribution in [0.25, 0.3) is 10.8 Å². The Morgan fingerprint density at radius 1 is 1.20 bits per heavy atom. The molecule has 2 aromatic carbocycles. The van der Waals surface area contributed by atoms with Gasteiger partial charge in [-0.1, -0.05) is 0 Å². The topological polar surface area (TPSA) is 9.23 Å². The molecule has 1 nitrogen and oxygen atoms in total. The Labute approximate surface area is 113 Å². The molecule has 0 aliphatic heterocycles. The molecule has 3 heteroatoms. The molecule has 0 heterocycles. The Kier molecular flexibility index (Phi) is 4.89. The third kappa shape index (κ3) is 2.65. The van der Waals surface area contributed by atoms with E-state index in [2.05, 4.69) is 30.3 Å². The van der Waals surface area contributed by atoms with Crippen molar-refractivity contribution in [2.24, 2.45) is 0 Å². The van der Waals surface area contributed by atoms with Crippen molar-refractivity contribution in [3.63, 3.8) is 0 Å². The zero-order valence-electron chi connectivity index (χ0n) is 8.66. The molecule has 0 N–H and O–H groups in total. The number of hydrogen-bond acceptors (Lipinski definition) is 1. The summed E-state index contributed by atoms with van der Waals surface area (Å²) in [6.07, 6.45) is 0. The van der Waals surface area contributed by atoms with E-state index in [1.54, 1.807) is 7.11 Å². The zero-order valence-corrected chi connectivity index (χ0v) is 11.7. The summed E-state index contributed by atoms with van der Waals surface area (Å²) in [5, 5.41) is 2.59. The Bertz CT molecular complexity index is 456. The molecule has 0 bridgehead atoms. The summed E-state index contributed by atoms with van der Waals surface area (Å²) in [5.74, 6) is 0.924. The second-order valence-corrected chi connectivity index (χ2v) is 3.75. The Hall–Kier alpha value is -0.254. The number of halogens is 1. The van der Waals surface area contributed by atoms with Gasteiger partial charge < -0.3 is 17.0 Å². The summed E-state index contributed by atoms with van der Waals surface area (Å²) in [7, 11) is 1.70. The van der Waals surface area contributed by atoms with Crippen LogP contribution in [0.1, 0.15) is 5.56 Å². The van der Waals surface area contributed by atoms with Gasteiger partial charge in [-0.05, 0) is 0 Å². The SMILES string of the molecule is COc1ccc2c([CH2][Mg+])cccc2c1.[Br-]. The fraction of sp³-hybridized carbons (Fsp3) is 0.167. The van der Waals surface area contributed by atoms with Gasteiger partial charge in [-0.25, -0.2) is 0 Å². The number of rotatable bonds is 2. The first-order valence-electron chi connectivity index (χ1n) is 4.70. The van der Waals surface area contributed by atoms with E-state index in [1.807, 2.05) is 27.8 Å². The summed E-state index contributed by atoms with van der Waals surface area (Å²) in [4.78, 5) is 0. The molecule has 2 aromatic rings. The summed E-state index contributed by atoms with van der Waals surface area (Å²) < 4.78 is 6.30. The summed E-state index contributed by atoms with van der Waals surface area (Å²) in [6.45, 7) is 0. The van der Waals surface area contributed by atoms with E-state index in [1.165, 1.54) is 16.3 Å². The molecule has 0 saturated carbocycles. The number of methoxy groups -OCH3 is 1. The van der Waals surface area contributed by atoms with E-state index in [4.69, 9.17) is 4.74 Å². The van der Waals surface area contributed by atoms with Crippen LogP contribution >= 0.6 is 0 Å². The predicted octanol–water partition coefficient (Wildman–Crippen LogP) is -0.479. The van der Waals surface area contributed by atoms with Gasteiger partial charge in [-0.15, -0.1) is 0 Å². The standard InChI is InChI=1S/C12H11O.BrH.Mg/c1-9-4-3-5-10-8-11(13-2)6-7-12(9)10;;/h3-8H,1H2,2H3;1H;/q;;+1/p-1. The minimum Gasteiger partial charge on any atom is -1.00 e. The molecular weight excluding hydrogens is 264 g/mol. The molecule has 2 rings (SSSR count). The minimum absolute atomic E-state index is 0. The second-order valence-electron chi connectivity index (χ2n) is 3.25. The van der Waals surface area contributed by atoms with Gasteiger partial charge in [0, 0.05) is 0 Å². The molecule has 0 aromatic heterocycles. The van der Waals surface area contributed by atoms with Crippen LogP contribution in [-0.2, 0) is 4.55 Å². The fourth-order valence-electron chi connectivity index (χ4n) is 1.67. The van der Waals surface area contributed by atoms with E-state index in [9.17, 15) is 0 Å². The van der Waals surface area contributed by atoms with Crippen molar-refractivity contribution in [3.05, 3.63) is 42.0 Å². The summed E-state index contributed by atoms with van der Waals surface area (Å²) in [5.41, 5.74) is 1.41. The summed E-state index contributed by atoms with van der Waals surface area (Å²) in [6, 6.07) is 12.6. The predicted molar refractivity (Wildman–Crippen MR) is 60.0 cm³/mol. The van der Waals surface area contributed by atoms with Gasteiger partial charge in [-0.3, -0.25) is 0 Å². The van der Waals surface area contributed by atoms with E-state index in [-0.39, 0.29) is 17.0 Å². The first-order chi connectivity index (χ1) is 6.85. The molecule has 0 unspecified atom stereocenters. The van der Waals surface area contributed by atoms with E-state index in [0.717, 1.165) is 10.3 Å². The van der Waals surface area contributed by atoms with Gasteiger partial charge in [0.15, 0.2) is 0 Å². The quantitative estimate of drug-likeness (QED) is 0.673. The van der Waals surface area contributed by atoms with Crippen molar-refractivity contribution in [3.8, 4) is 5.75 Å². The molecule has 0 saturated heterocycles. The maximum absolute atomic E-state index is 5.20. The number of ether oxygens (including phenoxy) is 1. The molecule has 0 atom stereocenters. The average molecular weight is 275 g/mol. The van der Waals surface area contributed by atoms with Crippen molar-refractivity contribution in [1.82, 2.24) is 0 Å². The van der Waals surface area contributed by atoms with Crippen molar-refractivity contribution in [1.29, 1.82) is 0 Å². The van der Waals surface area contributed by atoms with Crippen LogP contribution in [-0.4, -0.2) is 28.8 Å². The normalized spacial score (nSPS) is 9.80. The molecule has 0 aliphatic carbocycles. The average Bonchev–Trinajstić information content (AvgIpc) is 2.27. The Morgan fingerprint density at radius 2 is 2.00 bits per heavy atom. The molecule has 15 heavy (non-hydrogen) atoms. The minimum atomic E-state index is 0. The van der Waals surface area contributed by atoms with Crippen molar-refractivity contribution in [2.75, 3.05) is 7.11 Å². The van der Waals surface area contributed by atoms with Crippen LogP contribution in [0.3, 0.4) is 0 Å². The first kappa shape index (κ1) is 12.8. The van der Waals surface area contributed by atoms with Crippen LogP contribution in [0.15, 0.2) is 36.4 Å². The van der Waals surface area contributed by atoms with Gasteiger partial charge in [0.2, 0.25) is 0 Å². The smallest absolute Gasteiger partial charge is 1.00 e. The molecule has 0 aliphatic rings. The number of fused-ring (bicyclic) bond motifs is 1. The van der Waals surface area contributed by atoms with Crippen molar-refractivity contribution >= 4 is 32.5 Å². The van der Waals surface area contributed by atoms with Crippen molar-refractivity contribution < 1.29 is 21.7 Å². The first-order valence-corrected chi connectivity index (χ1v) is 5.70. The maximum Gasteiger partial charge on any atom is -1.00 e. The molecule has 74 valence electrons. The number of benzene rings is 2. The molecule has 0 spiro atoms.